The summed E-state index contributed by atoms with van der Waals surface area (Å²) >= 11 is 0. The highest BCUT2D eigenvalue weighted by Gasteiger charge is 2.19. The van der Waals surface area contributed by atoms with E-state index in [1.165, 1.54) is 5.57 Å². The van der Waals surface area contributed by atoms with Crippen LogP contribution >= 0.6 is 0 Å². The second kappa shape index (κ2) is 10.00. The van der Waals surface area contributed by atoms with Crippen molar-refractivity contribution in [3.63, 3.8) is 0 Å². The number of hydrogen-bond acceptors (Lipinski definition) is 5. The van der Waals surface area contributed by atoms with Gasteiger partial charge in [-0.05, 0) is 83.3 Å². The van der Waals surface area contributed by atoms with Crippen LogP contribution in [0.4, 0.5) is 5.82 Å². The van der Waals surface area contributed by atoms with Crippen molar-refractivity contribution in [3.05, 3.63) is 107 Å². The van der Waals surface area contributed by atoms with E-state index in [0.29, 0.717) is 24.5 Å². The van der Waals surface area contributed by atoms with E-state index in [1.807, 2.05) is 41.3 Å². The number of carbonyl (C=O) groups excluding carboxylic acids is 2. The lowest BCUT2D eigenvalue weighted by Crippen LogP contribution is -2.34. The SMILES string of the molecule is NC(=O)c1cc(CCc2ccc(C(=O)N3CC=C(c4ccc5ccnc(N)c5c4)CC3)cc2)ccn1. The number of amides is 2. The second-order valence-corrected chi connectivity index (χ2v) is 8.97. The van der Waals surface area contributed by atoms with Crippen LogP contribution in [0.2, 0.25) is 0 Å². The Kier molecular flexibility index (Phi) is 6.45. The normalized spacial score (nSPS) is 13.4. The highest BCUT2D eigenvalue weighted by Crippen LogP contribution is 2.28. The Bertz CT molecular complexity index is 1480. The van der Waals surface area contributed by atoms with Crippen molar-refractivity contribution < 1.29 is 9.59 Å². The maximum Gasteiger partial charge on any atom is 0.267 e. The summed E-state index contributed by atoms with van der Waals surface area (Å²) in [6, 6.07) is 19.6. The Balaban J connectivity index is 1.21. The van der Waals surface area contributed by atoms with Gasteiger partial charge in [-0.1, -0.05) is 30.3 Å². The molecular formula is C29H27N5O2. The summed E-state index contributed by atoms with van der Waals surface area (Å²) in [7, 11) is 0. The number of benzene rings is 2. The standard InChI is InChI=1S/C29H27N5O2/c30-27-25-18-24(8-7-22(25)10-14-33-27)21-11-15-34(16-12-21)29(36)23-5-3-19(4-6-23)1-2-20-9-13-32-26(17-20)28(31)35/h3-11,13-14,17-18H,1-2,12,15-16H2,(H2,30,33)(H2,31,35). The first-order valence-corrected chi connectivity index (χ1v) is 11.9. The van der Waals surface area contributed by atoms with E-state index >= 15 is 0 Å². The van der Waals surface area contributed by atoms with Crippen LogP contribution in [0.1, 0.15) is 44.0 Å². The number of hydrogen-bond donors (Lipinski definition) is 2. The lowest BCUT2D eigenvalue weighted by Gasteiger charge is -2.27. The van der Waals surface area contributed by atoms with E-state index in [4.69, 9.17) is 11.5 Å². The van der Waals surface area contributed by atoms with Crippen molar-refractivity contribution in [2.75, 3.05) is 18.8 Å². The number of aromatic nitrogens is 2. The van der Waals surface area contributed by atoms with Crippen LogP contribution in [0.5, 0.6) is 0 Å². The Morgan fingerprint density at radius 1 is 0.889 bits per heavy atom. The molecule has 0 saturated carbocycles. The van der Waals surface area contributed by atoms with Crippen LogP contribution in [0, 0.1) is 0 Å². The van der Waals surface area contributed by atoms with Crippen molar-refractivity contribution in [1.29, 1.82) is 0 Å². The topological polar surface area (TPSA) is 115 Å². The number of carbonyl (C=O) groups is 2. The molecule has 36 heavy (non-hydrogen) atoms. The summed E-state index contributed by atoms with van der Waals surface area (Å²) in [5.74, 6) is 0.0323. The molecular weight excluding hydrogens is 450 g/mol. The lowest BCUT2D eigenvalue weighted by atomic mass is 9.96. The quantitative estimate of drug-likeness (QED) is 0.435. The number of aryl methyl sites for hydroxylation is 2. The maximum atomic E-state index is 13.1. The largest absolute Gasteiger partial charge is 0.383 e. The highest BCUT2D eigenvalue weighted by atomic mass is 16.2. The minimum Gasteiger partial charge on any atom is -0.383 e. The monoisotopic (exact) mass is 477 g/mol. The zero-order valence-electron chi connectivity index (χ0n) is 19.9. The molecule has 2 amide bonds. The Labute approximate surface area is 209 Å². The van der Waals surface area contributed by atoms with Crippen LogP contribution in [0.15, 0.2) is 79.1 Å². The molecule has 180 valence electrons. The number of nitrogens with zero attached hydrogens (tertiary/aromatic N) is 3. The summed E-state index contributed by atoms with van der Waals surface area (Å²) in [4.78, 5) is 34.4. The maximum absolute atomic E-state index is 13.1. The van der Waals surface area contributed by atoms with Gasteiger partial charge in [0.15, 0.2) is 0 Å². The summed E-state index contributed by atoms with van der Waals surface area (Å²) in [5.41, 5.74) is 16.8. The molecule has 5 rings (SSSR count). The first-order chi connectivity index (χ1) is 17.5. The summed E-state index contributed by atoms with van der Waals surface area (Å²) in [5, 5.41) is 2.02. The number of primary amides is 1. The smallest absolute Gasteiger partial charge is 0.267 e. The third-order valence-corrected chi connectivity index (χ3v) is 6.64. The predicted molar refractivity (Wildman–Crippen MR) is 141 cm³/mol. The van der Waals surface area contributed by atoms with Crippen LogP contribution in [0.3, 0.4) is 0 Å². The van der Waals surface area contributed by atoms with Crippen molar-refractivity contribution in [1.82, 2.24) is 14.9 Å². The average molecular weight is 478 g/mol. The number of nitrogens with two attached hydrogens (primary N) is 2. The van der Waals surface area contributed by atoms with E-state index < -0.39 is 5.91 Å². The number of anilines is 1. The number of pyridine rings is 2. The van der Waals surface area contributed by atoms with E-state index in [1.54, 1.807) is 18.5 Å². The fraction of sp³-hybridized carbons (Fsp3) is 0.172. The van der Waals surface area contributed by atoms with Gasteiger partial charge in [0.1, 0.15) is 11.5 Å². The van der Waals surface area contributed by atoms with Crippen molar-refractivity contribution in [3.8, 4) is 0 Å². The molecule has 7 heteroatoms. The van der Waals surface area contributed by atoms with Gasteiger partial charge < -0.3 is 16.4 Å². The van der Waals surface area contributed by atoms with E-state index in [-0.39, 0.29) is 11.6 Å². The molecule has 2 aromatic carbocycles. The van der Waals surface area contributed by atoms with Gasteiger partial charge in [0.05, 0.1) is 0 Å². The summed E-state index contributed by atoms with van der Waals surface area (Å²) < 4.78 is 0. The van der Waals surface area contributed by atoms with Gasteiger partial charge in [0, 0.05) is 36.4 Å². The third-order valence-electron chi connectivity index (χ3n) is 6.64. The van der Waals surface area contributed by atoms with Gasteiger partial charge in [-0.3, -0.25) is 14.6 Å². The second-order valence-electron chi connectivity index (χ2n) is 8.97. The molecule has 0 radical (unpaired) electrons. The van der Waals surface area contributed by atoms with E-state index in [2.05, 4.69) is 34.2 Å². The molecule has 0 unspecified atom stereocenters. The first-order valence-electron chi connectivity index (χ1n) is 11.9. The van der Waals surface area contributed by atoms with Crippen LogP contribution in [0.25, 0.3) is 16.3 Å². The molecule has 0 spiro atoms. The number of nitrogen functional groups attached to an aromatic ring is 1. The predicted octanol–water partition coefficient (Wildman–Crippen LogP) is 4.03. The van der Waals surface area contributed by atoms with Crippen molar-refractivity contribution in [2.24, 2.45) is 5.73 Å². The molecule has 3 heterocycles. The molecule has 0 aliphatic carbocycles. The highest BCUT2D eigenvalue weighted by molar-refractivity contribution is 5.96. The van der Waals surface area contributed by atoms with Gasteiger partial charge in [-0.25, -0.2) is 4.98 Å². The fourth-order valence-electron chi connectivity index (χ4n) is 4.56. The zero-order valence-corrected chi connectivity index (χ0v) is 19.9. The molecule has 0 bridgehead atoms. The van der Waals surface area contributed by atoms with Crippen molar-refractivity contribution in [2.45, 2.75) is 19.3 Å². The molecule has 0 atom stereocenters. The van der Waals surface area contributed by atoms with Gasteiger partial charge in [-0.2, -0.15) is 0 Å². The molecule has 2 aromatic heterocycles. The molecule has 1 aliphatic rings. The van der Waals surface area contributed by atoms with Crippen molar-refractivity contribution >= 4 is 34.0 Å². The number of rotatable bonds is 6. The lowest BCUT2D eigenvalue weighted by molar-refractivity contribution is 0.0772. The first kappa shape index (κ1) is 23.2. The molecule has 0 fully saturated rings. The molecule has 1 aliphatic heterocycles. The average Bonchev–Trinajstić information content (AvgIpc) is 2.92. The molecule has 7 nitrogen and oxygen atoms in total. The minimum absolute atomic E-state index is 0.0315. The van der Waals surface area contributed by atoms with Gasteiger partial charge in [-0.15, -0.1) is 0 Å². The van der Waals surface area contributed by atoms with Crippen LogP contribution in [-0.4, -0.2) is 39.8 Å². The van der Waals surface area contributed by atoms with Gasteiger partial charge in [0.25, 0.3) is 11.8 Å². The Morgan fingerprint density at radius 2 is 1.67 bits per heavy atom. The Hall–Kier alpha value is -4.52. The summed E-state index contributed by atoms with van der Waals surface area (Å²) in [6.45, 7) is 1.23. The number of fused-ring (bicyclic) bond motifs is 1. The zero-order chi connectivity index (χ0) is 25.1. The van der Waals surface area contributed by atoms with Gasteiger partial charge >= 0.3 is 0 Å². The fourth-order valence-corrected chi connectivity index (χ4v) is 4.56. The molecule has 4 N–H and O–H groups in total. The van der Waals surface area contributed by atoms with E-state index in [0.717, 1.165) is 46.7 Å². The summed E-state index contributed by atoms with van der Waals surface area (Å²) in [6.07, 6.45) is 7.77. The third kappa shape index (κ3) is 4.95. The van der Waals surface area contributed by atoms with E-state index in [9.17, 15) is 9.59 Å². The minimum atomic E-state index is -0.529. The van der Waals surface area contributed by atoms with Crippen LogP contribution in [-0.2, 0) is 12.8 Å². The molecule has 4 aromatic rings. The Morgan fingerprint density at radius 3 is 2.42 bits per heavy atom. The molecule has 0 saturated heterocycles. The van der Waals surface area contributed by atoms with Gasteiger partial charge in [0.2, 0.25) is 0 Å². The van der Waals surface area contributed by atoms with Crippen LogP contribution < -0.4 is 11.5 Å².